The van der Waals surface area contributed by atoms with Crippen molar-refractivity contribution in [2.24, 2.45) is 0 Å². The van der Waals surface area contributed by atoms with Gasteiger partial charge in [-0.25, -0.2) is 12.7 Å². The van der Waals surface area contributed by atoms with Crippen LogP contribution in [0.3, 0.4) is 0 Å². The Labute approximate surface area is 168 Å². The van der Waals surface area contributed by atoms with Crippen LogP contribution in [-0.2, 0) is 16.6 Å². The molecule has 7 nitrogen and oxygen atoms in total. The van der Waals surface area contributed by atoms with Crippen LogP contribution in [0.5, 0.6) is 11.5 Å². The van der Waals surface area contributed by atoms with Gasteiger partial charge in [0.05, 0.1) is 5.75 Å². The zero-order chi connectivity index (χ0) is 19.6. The topological polar surface area (TPSA) is 62.3 Å². The number of piperidine rings is 1. The molecule has 1 atom stereocenters. The lowest BCUT2D eigenvalue weighted by Gasteiger charge is -2.43. The molecule has 0 aliphatic carbocycles. The van der Waals surface area contributed by atoms with Crippen LogP contribution in [0.2, 0.25) is 0 Å². The van der Waals surface area contributed by atoms with E-state index in [9.17, 15) is 8.42 Å². The molecule has 0 N–H and O–H groups in total. The summed E-state index contributed by atoms with van der Waals surface area (Å²) in [7, 11) is -3.09. The SMILES string of the molecule is CCCS(=O)(=O)N1CCCC(N2CCN(Cc3ccc4c(c3)OCO4)CC2)C1. The summed E-state index contributed by atoms with van der Waals surface area (Å²) in [5.74, 6) is 1.93. The number of sulfonamides is 1. The molecule has 2 saturated heterocycles. The van der Waals surface area contributed by atoms with Crippen molar-refractivity contribution >= 4 is 10.0 Å². The van der Waals surface area contributed by atoms with Crippen molar-refractivity contribution in [1.29, 1.82) is 0 Å². The number of hydrogen-bond donors (Lipinski definition) is 0. The molecule has 1 aromatic rings. The zero-order valence-electron chi connectivity index (χ0n) is 16.7. The second kappa shape index (κ2) is 8.57. The molecule has 0 bridgehead atoms. The van der Waals surface area contributed by atoms with Crippen molar-refractivity contribution in [3.63, 3.8) is 0 Å². The number of piperazine rings is 1. The zero-order valence-corrected chi connectivity index (χ0v) is 17.5. The van der Waals surface area contributed by atoms with E-state index < -0.39 is 10.0 Å². The van der Waals surface area contributed by atoms with Crippen LogP contribution in [0.15, 0.2) is 18.2 Å². The Morgan fingerprint density at radius 1 is 1.07 bits per heavy atom. The summed E-state index contributed by atoms with van der Waals surface area (Å²) < 4.78 is 37.4. The van der Waals surface area contributed by atoms with E-state index in [1.807, 2.05) is 13.0 Å². The van der Waals surface area contributed by atoms with Gasteiger partial charge in [0, 0.05) is 51.9 Å². The van der Waals surface area contributed by atoms with Gasteiger partial charge in [0.25, 0.3) is 0 Å². The third-order valence-electron chi connectivity index (χ3n) is 5.98. The molecule has 1 aromatic carbocycles. The first kappa shape index (κ1) is 19.9. The van der Waals surface area contributed by atoms with E-state index >= 15 is 0 Å². The van der Waals surface area contributed by atoms with Gasteiger partial charge in [-0.3, -0.25) is 9.80 Å². The lowest BCUT2D eigenvalue weighted by atomic mass is 10.0. The number of hydrogen-bond acceptors (Lipinski definition) is 6. The quantitative estimate of drug-likeness (QED) is 0.713. The Morgan fingerprint density at radius 3 is 2.64 bits per heavy atom. The molecular formula is C20H31N3O4S. The van der Waals surface area contributed by atoms with E-state index in [1.54, 1.807) is 4.31 Å². The highest BCUT2D eigenvalue weighted by Crippen LogP contribution is 2.33. The fourth-order valence-electron chi connectivity index (χ4n) is 4.44. The van der Waals surface area contributed by atoms with Gasteiger partial charge >= 0.3 is 0 Å². The number of benzene rings is 1. The summed E-state index contributed by atoms with van der Waals surface area (Å²) in [6, 6.07) is 6.53. The minimum absolute atomic E-state index is 0.267. The number of nitrogens with zero attached hydrogens (tertiary/aromatic N) is 3. The Morgan fingerprint density at radius 2 is 1.86 bits per heavy atom. The molecule has 0 aromatic heterocycles. The van der Waals surface area contributed by atoms with Crippen LogP contribution in [0.25, 0.3) is 0 Å². The molecule has 8 heteroatoms. The van der Waals surface area contributed by atoms with Gasteiger partial charge in [-0.1, -0.05) is 13.0 Å². The number of ether oxygens (including phenoxy) is 2. The molecule has 2 fully saturated rings. The predicted molar refractivity (Wildman–Crippen MR) is 108 cm³/mol. The fraction of sp³-hybridized carbons (Fsp3) is 0.700. The van der Waals surface area contributed by atoms with Crippen LogP contribution in [0.4, 0.5) is 0 Å². The maximum absolute atomic E-state index is 12.4. The second-order valence-electron chi connectivity index (χ2n) is 7.97. The van der Waals surface area contributed by atoms with Crippen LogP contribution < -0.4 is 9.47 Å². The van der Waals surface area contributed by atoms with Crippen LogP contribution in [0, 0.1) is 0 Å². The van der Waals surface area contributed by atoms with Crippen molar-refractivity contribution in [3.05, 3.63) is 23.8 Å². The van der Waals surface area contributed by atoms with Crippen molar-refractivity contribution in [2.75, 3.05) is 51.8 Å². The van der Waals surface area contributed by atoms with E-state index in [0.29, 0.717) is 32.3 Å². The van der Waals surface area contributed by atoms with Gasteiger partial charge in [0.15, 0.2) is 11.5 Å². The molecule has 28 heavy (non-hydrogen) atoms. The third-order valence-corrected chi connectivity index (χ3v) is 8.02. The fourth-order valence-corrected chi connectivity index (χ4v) is 6.02. The van der Waals surface area contributed by atoms with Crippen molar-refractivity contribution in [1.82, 2.24) is 14.1 Å². The van der Waals surface area contributed by atoms with E-state index in [0.717, 1.165) is 57.1 Å². The van der Waals surface area contributed by atoms with Gasteiger partial charge in [-0.15, -0.1) is 0 Å². The molecule has 3 aliphatic rings. The minimum atomic E-state index is -3.09. The molecule has 0 spiro atoms. The Kier molecular flexibility index (Phi) is 6.10. The molecular weight excluding hydrogens is 378 g/mol. The molecule has 0 saturated carbocycles. The van der Waals surface area contributed by atoms with E-state index in [2.05, 4.69) is 21.9 Å². The summed E-state index contributed by atoms with van der Waals surface area (Å²) in [6.45, 7) is 8.49. The Hall–Kier alpha value is -1.35. The van der Waals surface area contributed by atoms with Gasteiger partial charge in [-0.2, -0.15) is 0 Å². The highest BCUT2D eigenvalue weighted by atomic mass is 32.2. The third kappa shape index (κ3) is 4.45. The second-order valence-corrected chi connectivity index (χ2v) is 10.1. The van der Waals surface area contributed by atoms with Crippen molar-refractivity contribution in [2.45, 2.75) is 38.8 Å². The predicted octanol–water partition coefficient (Wildman–Crippen LogP) is 1.74. The minimum Gasteiger partial charge on any atom is -0.454 e. The van der Waals surface area contributed by atoms with E-state index in [-0.39, 0.29) is 5.75 Å². The molecule has 1 unspecified atom stereocenters. The molecule has 3 heterocycles. The van der Waals surface area contributed by atoms with E-state index in [4.69, 9.17) is 9.47 Å². The first-order chi connectivity index (χ1) is 13.5. The summed E-state index contributed by atoms with van der Waals surface area (Å²) in [5, 5.41) is 0. The molecule has 156 valence electrons. The highest BCUT2D eigenvalue weighted by molar-refractivity contribution is 7.89. The molecule has 3 aliphatic heterocycles. The average Bonchev–Trinajstić information content (AvgIpc) is 3.16. The number of fused-ring (bicyclic) bond motifs is 1. The van der Waals surface area contributed by atoms with Gasteiger partial charge in [-0.05, 0) is 37.0 Å². The van der Waals surface area contributed by atoms with Gasteiger partial charge < -0.3 is 9.47 Å². The molecule has 0 amide bonds. The van der Waals surface area contributed by atoms with Gasteiger partial charge in [0.1, 0.15) is 0 Å². The first-order valence-electron chi connectivity index (χ1n) is 10.4. The largest absolute Gasteiger partial charge is 0.454 e. The monoisotopic (exact) mass is 409 g/mol. The van der Waals surface area contributed by atoms with Crippen molar-refractivity contribution in [3.8, 4) is 11.5 Å². The normalized spacial score (nSPS) is 24.5. The summed E-state index contributed by atoms with van der Waals surface area (Å²) in [6.07, 6.45) is 2.74. The average molecular weight is 410 g/mol. The molecule has 4 rings (SSSR count). The maximum atomic E-state index is 12.4. The Bertz CT molecular complexity index is 778. The van der Waals surface area contributed by atoms with Crippen LogP contribution in [0.1, 0.15) is 31.7 Å². The van der Waals surface area contributed by atoms with Crippen molar-refractivity contribution < 1.29 is 17.9 Å². The number of rotatable bonds is 6. The Balaban J connectivity index is 1.29. The lowest BCUT2D eigenvalue weighted by Crippen LogP contribution is -2.55. The smallest absolute Gasteiger partial charge is 0.231 e. The first-order valence-corrected chi connectivity index (χ1v) is 12.0. The van der Waals surface area contributed by atoms with Crippen LogP contribution in [-0.4, -0.2) is 80.4 Å². The summed E-state index contributed by atoms with van der Waals surface area (Å²) in [5.41, 5.74) is 1.24. The standard InChI is InChI=1S/C20H31N3O4S/c1-2-12-28(24,25)23-7-3-4-18(15-23)22-10-8-21(9-11-22)14-17-5-6-19-20(13-17)27-16-26-19/h5-6,13,18H,2-4,7-12,14-16H2,1H3. The maximum Gasteiger partial charge on any atom is 0.231 e. The highest BCUT2D eigenvalue weighted by Gasteiger charge is 2.32. The van der Waals surface area contributed by atoms with E-state index in [1.165, 1.54) is 5.56 Å². The summed E-state index contributed by atoms with van der Waals surface area (Å²) >= 11 is 0. The summed E-state index contributed by atoms with van der Waals surface area (Å²) in [4.78, 5) is 4.95. The van der Waals surface area contributed by atoms with Crippen LogP contribution >= 0.6 is 0 Å². The molecule has 0 radical (unpaired) electrons. The van der Waals surface area contributed by atoms with Gasteiger partial charge in [0.2, 0.25) is 16.8 Å². The lowest BCUT2D eigenvalue weighted by molar-refractivity contribution is 0.0675.